The molecular formula is C16H22N4O4. The van der Waals surface area contributed by atoms with Crippen LogP contribution in [-0.4, -0.2) is 46.5 Å². The van der Waals surface area contributed by atoms with Crippen LogP contribution in [0.25, 0.3) is 5.69 Å². The first-order chi connectivity index (χ1) is 11.4. The summed E-state index contributed by atoms with van der Waals surface area (Å²) in [5.41, 5.74) is 2.44. The van der Waals surface area contributed by atoms with Gasteiger partial charge in [0.05, 0.1) is 32.7 Å². The summed E-state index contributed by atoms with van der Waals surface area (Å²) in [6, 6.07) is 0.191. The van der Waals surface area contributed by atoms with Gasteiger partial charge in [-0.05, 0) is 19.8 Å². The predicted octanol–water partition coefficient (Wildman–Crippen LogP) is 2.29. The lowest BCUT2D eigenvalue weighted by atomic mass is 10.0. The fraction of sp³-hybridized carbons (Fsp3) is 0.500. The summed E-state index contributed by atoms with van der Waals surface area (Å²) < 4.78 is 17.1. The Morgan fingerprint density at radius 3 is 2.54 bits per heavy atom. The van der Waals surface area contributed by atoms with Crippen molar-refractivity contribution in [1.82, 2.24) is 19.7 Å². The summed E-state index contributed by atoms with van der Waals surface area (Å²) >= 11 is 0. The number of rotatable bonds is 6. The average molecular weight is 334 g/mol. The Hall–Kier alpha value is -2.64. The highest BCUT2D eigenvalue weighted by atomic mass is 16.5. The topological polar surface area (TPSA) is 88.4 Å². The van der Waals surface area contributed by atoms with Gasteiger partial charge < -0.3 is 14.2 Å². The van der Waals surface area contributed by atoms with Gasteiger partial charge in [-0.25, -0.2) is 14.5 Å². The molecule has 0 aliphatic rings. The molecule has 8 nitrogen and oxygen atoms in total. The number of nitrogens with zero attached hydrogens (tertiary/aromatic N) is 4. The zero-order valence-corrected chi connectivity index (χ0v) is 14.8. The zero-order chi connectivity index (χ0) is 17.9. The van der Waals surface area contributed by atoms with Crippen molar-refractivity contribution in [3.63, 3.8) is 0 Å². The molecule has 2 aromatic rings. The fourth-order valence-electron chi connectivity index (χ4n) is 2.50. The van der Waals surface area contributed by atoms with Crippen molar-refractivity contribution < 1.29 is 19.0 Å². The SMILES string of the molecule is CCOC(=O)c1nn(-c2cnc(OC)nc2OC)c(C(C)C)c1C. The molecule has 0 bridgehead atoms. The van der Waals surface area contributed by atoms with E-state index < -0.39 is 5.97 Å². The Kier molecular flexibility index (Phi) is 5.38. The Balaban J connectivity index is 2.65. The molecule has 0 aliphatic carbocycles. The molecule has 2 heterocycles. The second-order valence-corrected chi connectivity index (χ2v) is 5.40. The normalized spacial score (nSPS) is 10.8. The van der Waals surface area contributed by atoms with Crippen molar-refractivity contribution in [2.45, 2.75) is 33.6 Å². The van der Waals surface area contributed by atoms with E-state index in [9.17, 15) is 4.79 Å². The second-order valence-electron chi connectivity index (χ2n) is 5.40. The number of methoxy groups -OCH3 is 2. The molecule has 0 spiro atoms. The van der Waals surface area contributed by atoms with Gasteiger partial charge in [-0.2, -0.15) is 10.1 Å². The van der Waals surface area contributed by atoms with Gasteiger partial charge in [0.25, 0.3) is 0 Å². The lowest BCUT2D eigenvalue weighted by Gasteiger charge is -2.13. The number of ether oxygens (including phenoxy) is 3. The van der Waals surface area contributed by atoms with Gasteiger partial charge in [0.2, 0.25) is 5.88 Å². The van der Waals surface area contributed by atoms with Crippen LogP contribution < -0.4 is 9.47 Å². The third-order valence-corrected chi connectivity index (χ3v) is 3.50. The van der Waals surface area contributed by atoms with Crippen LogP contribution in [0.2, 0.25) is 0 Å². The molecule has 0 N–H and O–H groups in total. The van der Waals surface area contributed by atoms with E-state index in [-0.39, 0.29) is 24.2 Å². The van der Waals surface area contributed by atoms with E-state index in [1.54, 1.807) is 17.8 Å². The Morgan fingerprint density at radius 2 is 2.00 bits per heavy atom. The maximum Gasteiger partial charge on any atom is 0.359 e. The van der Waals surface area contributed by atoms with Crippen LogP contribution in [0.3, 0.4) is 0 Å². The van der Waals surface area contributed by atoms with Crippen molar-refractivity contribution in [3.8, 4) is 17.6 Å². The number of carbonyl (C=O) groups is 1. The van der Waals surface area contributed by atoms with E-state index in [4.69, 9.17) is 14.2 Å². The molecule has 0 amide bonds. The van der Waals surface area contributed by atoms with Crippen LogP contribution in [-0.2, 0) is 4.74 Å². The molecule has 0 fully saturated rings. The van der Waals surface area contributed by atoms with E-state index in [0.717, 1.165) is 11.3 Å². The van der Waals surface area contributed by atoms with Crippen molar-refractivity contribution in [1.29, 1.82) is 0 Å². The number of hydrogen-bond acceptors (Lipinski definition) is 7. The maximum atomic E-state index is 12.2. The Morgan fingerprint density at radius 1 is 1.29 bits per heavy atom. The van der Waals surface area contributed by atoms with Gasteiger partial charge in [0.1, 0.15) is 5.69 Å². The molecule has 0 radical (unpaired) electrons. The van der Waals surface area contributed by atoms with Crippen molar-refractivity contribution in [2.24, 2.45) is 0 Å². The summed E-state index contributed by atoms with van der Waals surface area (Å²) in [4.78, 5) is 20.4. The summed E-state index contributed by atoms with van der Waals surface area (Å²) in [6.45, 7) is 7.94. The van der Waals surface area contributed by atoms with Crippen molar-refractivity contribution >= 4 is 5.97 Å². The highest BCUT2D eigenvalue weighted by Crippen LogP contribution is 2.29. The van der Waals surface area contributed by atoms with Crippen molar-refractivity contribution in [2.75, 3.05) is 20.8 Å². The van der Waals surface area contributed by atoms with Gasteiger partial charge >= 0.3 is 12.0 Å². The lowest BCUT2D eigenvalue weighted by Crippen LogP contribution is -2.10. The number of hydrogen-bond donors (Lipinski definition) is 0. The molecule has 0 aliphatic heterocycles. The molecule has 2 rings (SSSR count). The minimum absolute atomic E-state index is 0.118. The maximum absolute atomic E-state index is 12.2. The first-order valence-electron chi connectivity index (χ1n) is 7.66. The third kappa shape index (κ3) is 3.17. The second kappa shape index (κ2) is 7.29. The molecule has 0 aromatic carbocycles. The minimum Gasteiger partial charge on any atom is -0.479 e. The molecule has 130 valence electrons. The fourth-order valence-corrected chi connectivity index (χ4v) is 2.50. The van der Waals surface area contributed by atoms with E-state index >= 15 is 0 Å². The van der Waals surface area contributed by atoms with E-state index in [1.165, 1.54) is 14.2 Å². The van der Waals surface area contributed by atoms with Gasteiger partial charge in [-0.1, -0.05) is 13.8 Å². The van der Waals surface area contributed by atoms with Crippen LogP contribution in [0.4, 0.5) is 0 Å². The molecule has 0 atom stereocenters. The molecule has 0 saturated carbocycles. The highest BCUT2D eigenvalue weighted by Gasteiger charge is 2.25. The molecule has 0 unspecified atom stereocenters. The molecule has 24 heavy (non-hydrogen) atoms. The average Bonchev–Trinajstić information content (AvgIpc) is 2.91. The summed E-state index contributed by atoms with van der Waals surface area (Å²) in [6.07, 6.45) is 1.55. The van der Waals surface area contributed by atoms with Crippen LogP contribution in [0.1, 0.15) is 48.4 Å². The van der Waals surface area contributed by atoms with E-state index in [2.05, 4.69) is 15.1 Å². The summed E-state index contributed by atoms with van der Waals surface area (Å²) in [5, 5.41) is 4.43. The van der Waals surface area contributed by atoms with Crippen LogP contribution in [0.15, 0.2) is 6.20 Å². The lowest BCUT2D eigenvalue weighted by molar-refractivity contribution is 0.0518. The zero-order valence-electron chi connectivity index (χ0n) is 14.8. The molecular weight excluding hydrogens is 312 g/mol. The van der Waals surface area contributed by atoms with E-state index in [0.29, 0.717) is 11.6 Å². The largest absolute Gasteiger partial charge is 0.479 e. The number of carbonyl (C=O) groups excluding carboxylic acids is 1. The Labute approximate surface area is 140 Å². The Bertz CT molecular complexity index is 740. The quantitative estimate of drug-likeness (QED) is 0.749. The smallest absolute Gasteiger partial charge is 0.359 e. The summed E-state index contributed by atoms with van der Waals surface area (Å²) in [7, 11) is 2.98. The van der Waals surface area contributed by atoms with Crippen molar-refractivity contribution in [3.05, 3.63) is 23.1 Å². The first-order valence-corrected chi connectivity index (χ1v) is 7.66. The van der Waals surface area contributed by atoms with Crippen LogP contribution in [0, 0.1) is 6.92 Å². The number of aromatic nitrogens is 4. The first kappa shape index (κ1) is 17.7. The number of esters is 1. The molecule has 8 heteroatoms. The molecule has 2 aromatic heterocycles. The van der Waals surface area contributed by atoms with Crippen LogP contribution in [0.5, 0.6) is 11.9 Å². The van der Waals surface area contributed by atoms with Gasteiger partial charge in [0.15, 0.2) is 5.69 Å². The standard InChI is InChI=1S/C16H22N4O4/c1-7-24-15(21)12-10(4)13(9(2)3)20(19-12)11-8-17-16(23-6)18-14(11)22-5/h8-9H,7H2,1-6H3. The van der Waals surface area contributed by atoms with Crippen LogP contribution >= 0.6 is 0 Å². The summed E-state index contributed by atoms with van der Waals surface area (Å²) in [5.74, 6) is -0.0295. The molecule has 0 saturated heterocycles. The van der Waals surface area contributed by atoms with Gasteiger partial charge in [0, 0.05) is 5.56 Å². The monoisotopic (exact) mass is 334 g/mol. The van der Waals surface area contributed by atoms with Gasteiger partial charge in [-0.3, -0.25) is 0 Å². The third-order valence-electron chi connectivity index (χ3n) is 3.50. The van der Waals surface area contributed by atoms with Gasteiger partial charge in [-0.15, -0.1) is 0 Å². The van der Waals surface area contributed by atoms with E-state index in [1.807, 2.05) is 20.8 Å². The predicted molar refractivity (Wildman–Crippen MR) is 87.0 cm³/mol. The minimum atomic E-state index is -0.455. The highest BCUT2D eigenvalue weighted by molar-refractivity contribution is 5.89.